The Balaban J connectivity index is 1.63. The molecule has 1 saturated carbocycles. The lowest BCUT2D eigenvalue weighted by Gasteiger charge is -2.39. The van der Waals surface area contributed by atoms with Crippen molar-refractivity contribution in [3.63, 3.8) is 0 Å². The number of nitrogens with zero attached hydrogens (tertiary/aromatic N) is 2. The van der Waals surface area contributed by atoms with Crippen LogP contribution in [0.1, 0.15) is 32.6 Å². The third kappa shape index (κ3) is 3.87. The molecule has 2 aliphatic rings. The Morgan fingerprint density at radius 1 is 1.25 bits per heavy atom. The standard InChI is InChI=1S/C16H23FN4O2S/c1-12-4-2-3-5-15(12)21-10-18-16(19-11-21)20-24(22,23)14-8-6-13(17)7-9-14/h6-9,12,15H,2-5,10-11H2,1H3,(H2,18,19,20)/t12-,15-/m1/s1. The molecule has 1 aromatic carbocycles. The molecule has 3 rings (SSSR count). The average Bonchev–Trinajstić information content (AvgIpc) is 2.56. The lowest BCUT2D eigenvalue weighted by molar-refractivity contribution is 0.106. The van der Waals surface area contributed by atoms with E-state index < -0.39 is 15.8 Å². The third-order valence-corrected chi connectivity index (χ3v) is 6.11. The van der Waals surface area contributed by atoms with E-state index in [1.54, 1.807) is 0 Å². The zero-order chi connectivity index (χ0) is 17.2. The van der Waals surface area contributed by atoms with Gasteiger partial charge in [-0.05, 0) is 43.0 Å². The molecule has 1 aromatic rings. The van der Waals surface area contributed by atoms with Crippen molar-refractivity contribution in [3.8, 4) is 0 Å². The number of rotatable bonds is 3. The molecule has 0 aromatic heterocycles. The number of nitrogens with one attached hydrogen (secondary N) is 2. The van der Waals surface area contributed by atoms with Crippen LogP contribution in [0.4, 0.5) is 4.39 Å². The van der Waals surface area contributed by atoms with E-state index in [1.165, 1.54) is 31.4 Å². The quantitative estimate of drug-likeness (QED) is 0.869. The summed E-state index contributed by atoms with van der Waals surface area (Å²) in [6.07, 6.45) is 4.91. The van der Waals surface area contributed by atoms with Crippen molar-refractivity contribution in [1.29, 1.82) is 0 Å². The molecule has 1 aliphatic heterocycles. The minimum absolute atomic E-state index is 0.0109. The molecule has 0 spiro atoms. The van der Waals surface area contributed by atoms with E-state index in [0.29, 0.717) is 25.3 Å². The molecule has 0 saturated heterocycles. The lowest BCUT2D eigenvalue weighted by Crippen LogP contribution is -2.54. The van der Waals surface area contributed by atoms with Gasteiger partial charge in [-0.1, -0.05) is 19.8 Å². The highest BCUT2D eigenvalue weighted by molar-refractivity contribution is 7.90. The van der Waals surface area contributed by atoms with Gasteiger partial charge in [0, 0.05) is 6.04 Å². The largest absolute Gasteiger partial charge is 0.343 e. The van der Waals surface area contributed by atoms with Gasteiger partial charge in [-0.25, -0.2) is 22.5 Å². The lowest BCUT2D eigenvalue weighted by atomic mass is 9.85. The summed E-state index contributed by atoms with van der Waals surface area (Å²) in [5.41, 5.74) is 0. The second-order valence-corrected chi connectivity index (χ2v) is 8.14. The van der Waals surface area contributed by atoms with Crippen LogP contribution in [0.5, 0.6) is 0 Å². The number of hydrogen-bond donors (Lipinski definition) is 2. The minimum atomic E-state index is -3.76. The predicted octanol–water partition coefficient (Wildman–Crippen LogP) is 1.86. The summed E-state index contributed by atoms with van der Waals surface area (Å²) in [6, 6.07) is 5.20. The van der Waals surface area contributed by atoms with E-state index in [1.807, 2.05) is 0 Å². The number of guanidine groups is 1. The second-order valence-electron chi connectivity index (χ2n) is 6.46. The van der Waals surface area contributed by atoms with Gasteiger partial charge in [0.05, 0.1) is 18.2 Å². The van der Waals surface area contributed by atoms with Gasteiger partial charge in [-0.3, -0.25) is 4.90 Å². The van der Waals surface area contributed by atoms with Crippen molar-refractivity contribution in [2.24, 2.45) is 10.9 Å². The molecule has 2 atom stereocenters. The highest BCUT2D eigenvalue weighted by atomic mass is 32.2. The van der Waals surface area contributed by atoms with Crippen molar-refractivity contribution in [2.75, 3.05) is 13.3 Å². The summed E-state index contributed by atoms with van der Waals surface area (Å²) in [7, 11) is -3.76. The smallest absolute Gasteiger partial charge is 0.264 e. The Morgan fingerprint density at radius 3 is 2.58 bits per heavy atom. The first-order valence-electron chi connectivity index (χ1n) is 8.26. The molecular weight excluding hydrogens is 331 g/mol. The van der Waals surface area contributed by atoms with Crippen molar-refractivity contribution in [2.45, 2.75) is 43.5 Å². The Bertz CT molecular complexity index is 705. The number of sulfonamides is 1. The zero-order valence-corrected chi connectivity index (χ0v) is 14.5. The maximum atomic E-state index is 12.9. The van der Waals surface area contributed by atoms with E-state index in [2.05, 4.69) is 26.9 Å². The van der Waals surface area contributed by atoms with Gasteiger partial charge in [0.25, 0.3) is 10.0 Å². The topological polar surface area (TPSA) is 73.8 Å². The molecule has 24 heavy (non-hydrogen) atoms. The van der Waals surface area contributed by atoms with E-state index in [9.17, 15) is 12.8 Å². The van der Waals surface area contributed by atoms with Crippen molar-refractivity contribution < 1.29 is 12.8 Å². The molecule has 0 amide bonds. The molecule has 1 heterocycles. The first kappa shape index (κ1) is 17.2. The summed E-state index contributed by atoms with van der Waals surface area (Å²) >= 11 is 0. The molecule has 1 aliphatic carbocycles. The van der Waals surface area contributed by atoms with Gasteiger partial charge in [-0.15, -0.1) is 0 Å². The fraction of sp³-hybridized carbons (Fsp3) is 0.562. The van der Waals surface area contributed by atoms with E-state index in [0.717, 1.165) is 18.6 Å². The minimum Gasteiger partial charge on any atom is -0.343 e. The van der Waals surface area contributed by atoms with Crippen LogP contribution >= 0.6 is 0 Å². The summed E-state index contributed by atoms with van der Waals surface area (Å²) in [6.45, 7) is 3.31. The number of halogens is 1. The van der Waals surface area contributed by atoms with Gasteiger partial charge >= 0.3 is 0 Å². The molecule has 132 valence electrons. The predicted molar refractivity (Wildman–Crippen MR) is 90.3 cm³/mol. The zero-order valence-electron chi connectivity index (χ0n) is 13.7. The average molecular weight is 354 g/mol. The fourth-order valence-corrected chi connectivity index (χ4v) is 4.38. The summed E-state index contributed by atoms with van der Waals surface area (Å²) < 4.78 is 39.9. The normalized spacial score (nSPS) is 25.7. The molecule has 0 radical (unpaired) electrons. The van der Waals surface area contributed by atoms with Crippen LogP contribution in [0, 0.1) is 11.7 Å². The van der Waals surface area contributed by atoms with Gasteiger partial charge < -0.3 is 5.32 Å². The molecule has 0 unspecified atom stereocenters. The highest BCUT2D eigenvalue weighted by Crippen LogP contribution is 2.28. The van der Waals surface area contributed by atoms with Crippen LogP contribution in [-0.2, 0) is 10.0 Å². The van der Waals surface area contributed by atoms with Gasteiger partial charge in [0.2, 0.25) is 5.96 Å². The number of aliphatic imine (C=N–C) groups is 1. The van der Waals surface area contributed by atoms with E-state index >= 15 is 0 Å². The first-order valence-corrected chi connectivity index (χ1v) is 9.75. The van der Waals surface area contributed by atoms with E-state index in [-0.39, 0.29) is 10.9 Å². The number of hydrogen-bond acceptors (Lipinski definition) is 5. The fourth-order valence-electron chi connectivity index (χ4n) is 3.37. The maximum absolute atomic E-state index is 12.9. The molecule has 1 fully saturated rings. The Labute approximate surface area is 142 Å². The van der Waals surface area contributed by atoms with Crippen molar-refractivity contribution in [3.05, 3.63) is 30.1 Å². The monoisotopic (exact) mass is 354 g/mol. The number of benzene rings is 1. The summed E-state index contributed by atoms with van der Waals surface area (Å²) in [4.78, 5) is 6.58. The van der Waals surface area contributed by atoms with Crippen LogP contribution < -0.4 is 10.0 Å². The molecule has 6 nitrogen and oxygen atoms in total. The molecule has 0 bridgehead atoms. The summed E-state index contributed by atoms with van der Waals surface area (Å²) in [5, 5.41) is 3.04. The second kappa shape index (κ2) is 7.06. The molecule has 8 heteroatoms. The van der Waals surface area contributed by atoms with Gasteiger partial charge in [-0.2, -0.15) is 0 Å². The van der Waals surface area contributed by atoms with Crippen LogP contribution in [0.3, 0.4) is 0 Å². The Hall–Kier alpha value is -1.67. The van der Waals surface area contributed by atoms with Gasteiger partial charge in [0.1, 0.15) is 5.82 Å². The van der Waals surface area contributed by atoms with E-state index in [4.69, 9.17) is 0 Å². The highest BCUT2D eigenvalue weighted by Gasteiger charge is 2.29. The van der Waals surface area contributed by atoms with Crippen LogP contribution in [0.2, 0.25) is 0 Å². The van der Waals surface area contributed by atoms with Crippen LogP contribution in [0.15, 0.2) is 34.2 Å². The van der Waals surface area contributed by atoms with Gasteiger partial charge in [0.15, 0.2) is 0 Å². The van der Waals surface area contributed by atoms with Crippen LogP contribution in [0.25, 0.3) is 0 Å². The Morgan fingerprint density at radius 2 is 1.96 bits per heavy atom. The van der Waals surface area contributed by atoms with Crippen LogP contribution in [-0.4, -0.2) is 38.7 Å². The SMILES string of the molecule is C[C@@H]1CCCC[C@H]1N1CN=C(NS(=O)(=O)c2ccc(F)cc2)NC1. The molecule has 2 N–H and O–H groups in total. The third-order valence-electron chi connectivity index (χ3n) is 4.75. The molecular formula is C16H23FN4O2S. The first-order chi connectivity index (χ1) is 11.5. The summed E-state index contributed by atoms with van der Waals surface area (Å²) in [5.74, 6) is 0.395. The Kier molecular flexibility index (Phi) is 5.05. The van der Waals surface area contributed by atoms with Crippen molar-refractivity contribution >= 4 is 16.0 Å². The van der Waals surface area contributed by atoms with Crippen molar-refractivity contribution in [1.82, 2.24) is 14.9 Å². The maximum Gasteiger partial charge on any atom is 0.264 e.